The minimum absolute atomic E-state index is 0.0199. The van der Waals surface area contributed by atoms with Gasteiger partial charge in [0.15, 0.2) is 0 Å². The van der Waals surface area contributed by atoms with Crippen LogP contribution in [0.2, 0.25) is 0 Å². The maximum atomic E-state index is 9.77. The van der Waals surface area contributed by atoms with Gasteiger partial charge in [-0.1, -0.05) is 6.92 Å². The summed E-state index contributed by atoms with van der Waals surface area (Å²) >= 11 is 0. The van der Waals surface area contributed by atoms with Crippen molar-refractivity contribution >= 4 is 0 Å². The van der Waals surface area contributed by atoms with Crippen LogP contribution < -0.4 is 5.32 Å². The van der Waals surface area contributed by atoms with Crippen molar-refractivity contribution in [1.29, 1.82) is 0 Å². The van der Waals surface area contributed by atoms with Crippen molar-refractivity contribution in [2.24, 2.45) is 0 Å². The summed E-state index contributed by atoms with van der Waals surface area (Å²) in [5.74, 6) is 0. The summed E-state index contributed by atoms with van der Waals surface area (Å²) in [6, 6.07) is 1.35. The highest BCUT2D eigenvalue weighted by molar-refractivity contribution is 5.00. The lowest BCUT2D eigenvalue weighted by molar-refractivity contribution is 0.0682. The predicted octanol–water partition coefficient (Wildman–Crippen LogP) is 1.75. The monoisotopic (exact) mass is 240 g/mol. The Labute approximate surface area is 106 Å². The van der Waals surface area contributed by atoms with Crippen molar-refractivity contribution in [3.05, 3.63) is 0 Å². The van der Waals surface area contributed by atoms with Crippen molar-refractivity contribution in [2.45, 2.75) is 69.5 Å². The molecule has 0 bridgehead atoms. The molecule has 3 heteroatoms. The van der Waals surface area contributed by atoms with Gasteiger partial charge in [0.05, 0.1) is 6.61 Å². The fourth-order valence-corrected chi connectivity index (χ4v) is 3.22. The molecule has 3 nitrogen and oxygen atoms in total. The molecule has 2 aliphatic carbocycles. The van der Waals surface area contributed by atoms with Crippen LogP contribution >= 0.6 is 0 Å². The van der Waals surface area contributed by atoms with Crippen LogP contribution in [-0.2, 0) is 0 Å². The molecule has 0 aromatic heterocycles. The quantitative estimate of drug-likeness (QED) is 0.742. The number of aliphatic hydroxyl groups excluding tert-OH is 1. The number of hydrogen-bond acceptors (Lipinski definition) is 3. The fraction of sp³-hybridized carbons (Fsp3) is 1.00. The van der Waals surface area contributed by atoms with Crippen molar-refractivity contribution in [2.75, 3.05) is 20.2 Å². The van der Waals surface area contributed by atoms with Crippen molar-refractivity contribution in [1.82, 2.24) is 10.2 Å². The standard InChI is InChI=1S/C14H28N2O/c1-3-9-16(2)13-5-4-8-14(10-13,11-17)15-12-6-7-12/h12-13,15,17H,3-11H2,1-2H3. The third-order valence-corrected chi connectivity index (χ3v) is 4.41. The first-order valence-corrected chi connectivity index (χ1v) is 7.28. The highest BCUT2D eigenvalue weighted by Crippen LogP contribution is 2.34. The summed E-state index contributed by atoms with van der Waals surface area (Å²) in [6.45, 7) is 3.72. The Morgan fingerprint density at radius 2 is 2.12 bits per heavy atom. The summed E-state index contributed by atoms with van der Waals surface area (Å²) in [6.07, 6.45) is 8.64. The summed E-state index contributed by atoms with van der Waals surface area (Å²) in [5.41, 5.74) is 0.0199. The molecule has 0 heterocycles. The van der Waals surface area contributed by atoms with Gasteiger partial charge in [-0.3, -0.25) is 0 Å². The molecule has 17 heavy (non-hydrogen) atoms. The molecule has 0 saturated heterocycles. The van der Waals surface area contributed by atoms with Crippen LogP contribution in [0.3, 0.4) is 0 Å². The highest BCUT2D eigenvalue weighted by atomic mass is 16.3. The minimum Gasteiger partial charge on any atom is -0.394 e. The third-order valence-electron chi connectivity index (χ3n) is 4.41. The third kappa shape index (κ3) is 3.43. The maximum Gasteiger partial charge on any atom is 0.0613 e. The molecular formula is C14H28N2O. The van der Waals surface area contributed by atoms with E-state index in [-0.39, 0.29) is 5.54 Å². The Balaban J connectivity index is 1.92. The first kappa shape index (κ1) is 13.3. The van der Waals surface area contributed by atoms with Crippen LogP contribution in [0.5, 0.6) is 0 Å². The second-order valence-corrected chi connectivity index (χ2v) is 6.09. The van der Waals surface area contributed by atoms with Crippen LogP contribution in [0, 0.1) is 0 Å². The Morgan fingerprint density at radius 3 is 2.71 bits per heavy atom. The van der Waals surface area contributed by atoms with Crippen LogP contribution in [0.15, 0.2) is 0 Å². The zero-order valence-corrected chi connectivity index (χ0v) is 11.4. The van der Waals surface area contributed by atoms with Gasteiger partial charge in [0.2, 0.25) is 0 Å². The first-order chi connectivity index (χ1) is 8.19. The summed E-state index contributed by atoms with van der Waals surface area (Å²) in [7, 11) is 2.23. The molecule has 0 aliphatic heterocycles. The van der Waals surface area contributed by atoms with Gasteiger partial charge in [-0.05, 0) is 58.5 Å². The van der Waals surface area contributed by atoms with Gasteiger partial charge in [-0.15, -0.1) is 0 Å². The number of hydrogen-bond donors (Lipinski definition) is 2. The average molecular weight is 240 g/mol. The van der Waals surface area contributed by atoms with Gasteiger partial charge in [-0.25, -0.2) is 0 Å². The number of nitrogens with zero attached hydrogens (tertiary/aromatic N) is 1. The van der Waals surface area contributed by atoms with Gasteiger partial charge in [0.25, 0.3) is 0 Å². The van der Waals surface area contributed by atoms with Gasteiger partial charge >= 0.3 is 0 Å². The Morgan fingerprint density at radius 1 is 1.35 bits per heavy atom. The summed E-state index contributed by atoms with van der Waals surface area (Å²) in [5, 5.41) is 13.5. The Kier molecular flexibility index (Phi) is 4.45. The normalized spacial score (nSPS) is 34.2. The van der Waals surface area contributed by atoms with Crippen LogP contribution in [-0.4, -0.2) is 47.8 Å². The second-order valence-electron chi connectivity index (χ2n) is 6.09. The van der Waals surface area contributed by atoms with E-state index in [0.717, 1.165) is 12.8 Å². The lowest BCUT2D eigenvalue weighted by atomic mass is 9.78. The van der Waals surface area contributed by atoms with E-state index in [1.165, 1.54) is 38.6 Å². The molecule has 2 N–H and O–H groups in total. The van der Waals surface area contributed by atoms with Crippen LogP contribution in [0.1, 0.15) is 51.9 Å². The SMILES string of the molecule is CCCN(C)C1CCCC(CO)(NC2CC2)C1. The zero-order valence-electron chi connectivity index (χ0n) is 11.4. The van der Waals surface area contributed by atoms with Crippen molar-refractivity contribution in [3.8, 4) is 0 Å². The molecule has 2 aliphatic rings. The van der Waals surface area contributed by atoms with Gasteiger partial charge in [0, 0.05) is 17.6 Å². The molecule has 2 rings (SSSR count). The molecule has 2 atom stereocenters. The molecule has 0 aromatic rings. The lowest BCUT2D eigenvalue weighted by Crippen LogP contribution is -2.56. The van der Waals surface area contributed by atoms with E-state index in [0.29, 0.717) is 18.7 Å². The van der Waals surface area contributed by atoms with E-state index >= 15 is 0 Å². The lowest BCUT2D eigenvalue weighted by Gasteiger charge is -2.43. The molecule has 0 radical (unpaired) electrons. The van der Waals surface area contributed by atoms with E-state index in [1.54, 1.807) is 0 Å². The van der Waals surface area contributed by atoms with E-state index in [9.17, 15) is 5.11 Å². The fourth-order valence-electron chi connectivity index (χ4n) is 3.22. The van der Waals surface area contributed by atoms with Gasteiger partial charge in [0.1, 0.15) is 0 Å². The number of aliphatic hydroxyl groups is 1. The molecule has 0 amide bonds. The Bertz CT molecular complexity index is 242. The molecule has 2 saturated carbocycles. The minimum atomic E-state index is 0.0199. The largest absolute Gasteiger partial charge is 0.394 e. The topological polar surface area (TPSA) is 35.5 Å². The van der Waals surface area contributed by atoms with E-state index in [1.807, 2.05) is 0 Å². The second kappa shape index (κ2) is 5.68. The molecule has 0 spiro atoms. The molecule has 0 aromatic carbocycles. The zero-order chi connectivity index (χ0) is 12.3. The van der Waals surface area contributed by atoms with Crippen LogP contribution in [0.25, 0.3) is 0 Å². The van der Waals surface area contributed by atoms with E-state index in [4.69, 9.17) is 0 Å². The molecule has 2 unspecified atom stereocenters. The smallest absolute Gasteiger partial charge is 0.0613 e. The van der Waals surface area contributed by atoms with Gasteiger partial charge < -0.3 is 15.3 Å². The molecule has 2 fully saturated rings. The maximum absolute atomic E-state index is 9.77. The average Bonchev–Trinajstić information content (AvgIpc) is 3.13. The molecule has 100 valence electrons. The van der Waals surface area contributed by atoms with Crippen LogP contribution in [0.4, 0.5) is 0 Å². The summed E-state index contributed by atoms with van der Waals surface area (Å²) < 4.78 is 0. The van der Waals surface area contributed by atoms with E-state index < -0.39 is 0 Å². The number of rotatable bonds is 6. The Hall–Kier alpha value is -0.120. The summed E-state index contributed by atoms with van der Waals surface area (Å²) in [4.78, 5) is 2.48. The van der Waals surface area contributed by atoms with Gasteiger partial charge in [-0.2, -0.15) is 0 Å². The van der Waals surface area contributed by atoms with Crippen molar-refractivity contribution in [3.63, 3.8) is 0 Å². The highest BCUT2D eigenvalue weighted by Gasteiger charge is 2.40. The molecular weight excluding hydrogens is 212 g/mol. The van der Waals surface area contributed by atoms with Crippen molar-refractivity contribution < 1.29 is 5.11 Å². The first-order valence-electron chi connectivity index (χ1n) is 7.28. The number of nitrogens with one attached hydrogen (secondary N) is 1. The predicted molar refractivity (Wildman–Crippen MR) is 71.2 cm³/mol. The van der Waals surface area contributed by atoms with E-state index in [2.05, 4.69) is 24.2 Å².